The van der Waals surface area contributed by atoms with Crippen molar-refractivity contribution in [2.45, 2.75) is 12.8 Å². The fourth-order valence-electron chi connectivity index (χ4n) is 1.62. The van der Waals surface area contributed by atoms with Crippen LogP contribution >= 0.6 is 11.6 Å². The maximum Gasteiger partial charge on any atom is 0.310 e. The van der Waals surface area contributed by atoms with Gasteiger partial charge in [0.25, 0.3) is 0 Å². The lowest BCUT2D eigenvalue weighted by Gasteiger charge is -2.12. The number of carboxylic acid groups (broad SMARTS) is 1. The molecule has 0 bridgehead atoms. The molecule has 86 valence electrons. The molecule has 1 saturated carbocycles. The summed E-state index contributed by atoms with van der Waals surface area (Å²) in [4.78, 5) is 11.0. The fourth-order valence-corrected chi connectivity index (χ4v) is 1.75. The predicted molar refractivity (Wildman–Crippen MR) is 60.8 cm³/mol. The molecule has 3 nitrogen and oxygen atoms in total. The van der Waals surface area contributed by atoms with Crippen molar-refractivity contribution in [2.24, 2.45) is 11.8 Å². The Balaban J connectivity index is 1.90. The molecule has 0 amide bonds. The van der Waals surface area contributed by atoms with E-state index in [1.165, 1.54) is 0 Å². The topological polar surface area (TPSA) is 46.5 Å². The van der Waals surface area contributed by atoms with Crippen LogP contribution in [0, 0.1) is 11.8 Å². The second kappa shape index (κ2) is 4.74. The number of halogens is 1. The van der Waals surface area contributed by atoms with Crippen LogP contribution in [0.4, 0.5) is 0 Å². The van der Waals surface area contributed by atoms with Gasteiger partial charge in [0, 0.05) is 5.02 Å². The lowest BCUT2D eigenvalue weighted by atomic mass is 10.1. The number of hydrogen-bond acceptors (Lipinski definition) is 2. The molecule has 0 radical (unpaired) electrons. The van der Waals surface area contributed by atoms with Crippen molar-refractivity contribution < 1.29 is 14.6 Å². The molecular weight excluding hydrogens is 228 g/mol. The van der Waals surface area contributed by atoms with E-state index in [0.29, 0.717) is 16.7 Å². The highest BCUT2D eigenvalue weighted by Gasteiger charge is 2.36. The molecule has 0 saturated heterocycles. The van der Waals surface area contributed by atoms with E-state index in [2.05, 4.69) is 0 Å². The molecular formula is C12H13ClO3. The monoisotopic (exact) mass is 240 g/mol. The van der Waals surface area contributed by atoms with E-state index >= 15 is 0 Å². The van der Waals surface area contributed by atoms with Crippen LogP contribution in [0.25, 0.3) is 0 Å². The van der Waals surface area contributed by atoms with Gasteiger partial charge in [-0.05, 0) is 43.0 Å². The minimum atomic E-state index is -0.767. The minimum Gasteiger partial charge on any atom is -0.493 e. The second-order valence-electron chi connectivity index (χ2n) is 4.05. The van der Waals surface area contributed by atoms with Crippen molar-refractivity contribution in [1.82, 2.24) is 0 Å². The quantitative estimate of drug-likeness (QED) is 0.861. The summed E-state index contributed by atoms with van der Waals surface area (Å²) in [7, 11) is 0. The maximum atomic E-state index is 11.0. The zero-order chi connectivity index (χ0) is 11.5. The maximum absolute atomic E-state index is 11.0. The van der Waals surface area contributed by atoms with Gasteiger partial charge in [-0.1, -0.05) is 11.6 Å². The van der Waals surface area contributed by atoms with Crippen LogP contribution in [0.3, 0.4) is 0 Å². The Bertz CT molecular complexity index is 370. The lowest BCUT2D eigenvalue weighted by molar-refractivity contribution is -0.143. The highest BCUT2D eigenvalue weighted by Crippen LogP contribution is 2.37. The van der Waals surface area contributed by atoms with Crippen molar-refractivity contribution >= 4 is 17.6 Å². The van der Waals surface area contributed by atoms with E-state index in [1.54, 1.807) is 24.3 Å². The zero-order valence-electron chi connectivity index (χ0n) is 8.73. The molecule has 1 N–H and O–H groups in total. The van der Waals surface area contributed by atoms with Gasteiger partial charge in [0.15, 0.2) is 0 Å². The van der Waals surface area contributed by atoms with Crippen molar-refractivity contribution in [3.63, 3.8) is 0 Å². The Labute approximate surface area is 99.0 Å². The normalized spacial score (nSPS) is 16.8. The fraction of sp³-hybridized carbons (Fsp3) is 0.417. The lowest BCUT2D eigenvalue weighted by Crippen LogP contribution is -2.23. The van der Waals surface area contributed by atoms with Gasteiger partial charge in [-0.15, -0.1) is 0 Å². The van der Waals surface area contributed by atoms with E-state index in [9.17, 15) is 4.79 Å². The number of carboxylic acids is 1. The standard InChI is InChI=1S/C12H13ClO3/c13-9-3-5-10(6-4-9)16-7-11(12(14)15)8-1-2-8/h3-6,8,11H,1-2,7H2,(H,14,15). The first-order valence-corrected chi connectivity index (χ1v) is 5.66. The first-order valence-electron chi connectivity index (χ1n) is 5.28. The Morgan fingerprint density at radius 1 is 1.44 bits per heavy atom. The highest BCUT2D eigenvalue weighted by atomic mass is 35.5. The summed E-state index contributed by atoms with van der Waals surface area (Å²) in [6.45, 7) is 0.238. The Hall–Kier alpha value is -1.22. The summed E-state index contributed by atoms with van der Waals surface area (Å²) >= 11 is 5.74. The number of rotatable bonds is 5. The number of ether oxygens (including phenoxy) is 1. The van der Waals surface area contributed by atoms with Gasteiger partial charge in [0.2, 0.25) is 0 Å². The van der Waals surface area contributed by atoms with Crippen molar-refractivity contribution in [2.75, 3.05) is 6.61 Å². The molecule has 1 aliphatic carbocycles. The van der Waals surface area contributed by atoms with E-state index in [4.69, 9.17) is 21.4 Å². The Kier molecular flexibility index (Phi) is 3.34. The molecule has 2 rings (SSSR count). The summed E-state index contributed by atoms with van der Waals surface area (Å²) < 4.78 is 5.45. The first-order chi connectivity index (χ1) is 7.66. The van der Waals surface area contributed by atoms with E-state index in [0.717, 1.165) is 12.8 Å². The van der Waals surface area contributed by atoms with E-state index in [-0.39, 0.29) is 12.5 Å². The van der Waals surface area contributed by atoms with Gasteiger partial charge in [-0.2, -0.15) is 0 Å². The molecule has 1 atom stereocenters. The van der Waals surface area contributed by atoms with Gasteiger partial charge in [0.1, 0.15) is 12.4 Å². The smallest absolute Gasteiger partial charge is 0.310 e. The van der Waals surface area contributed by atoms with E-state index in [1.807, 2.05) is 0 Å². The number of carbonyl (C=O) groups is 1. The van der Waals surface area contributed by atoms with Crippen LogP contribution in [0.1, 0.15) is 12.8 Å². The molecule has 1 aliphatic rings. The highest BCUT2D eigenvalue weighted by molar-refractivity contribution is 6.30. The van der Waals surface area contributed by atoms with Crippen LogP contribution in [-0.4, -0.2) is 17.7 Å². The molecule has 0 aromatic heterocycles. The zero-order valence-corrected chi connectivity index (χ0v) is 9.48. The van der Waals surface area contributed by atoms with Crippen molar-refractivity contribution in [1.29, 1.82) is 0 Å². The molecule has 1 aromatic rings. The van der Waals surface area contributed by atoms with E-state index < -0.39 is 5.97 Å². The second-order valence-corrected chi connectivity index (χ2v) is 4.48. The first kappa shape index (κ1) is 11.3. The van der Waals surface area contributed by atoms with Crippen LogP contribution in [-0.2, 0) is 4.79 Å². The molecule has 0 spiro atoms. The van der Waals surface area contributed by atoms with Gasteiger partial charge in [-0.25, -0.2) is 0 Å². The van der Waals surface area contributed by atoms with Crippen molar-refractivity contribution in [3.05, 3.63) is 29.3 Å². The third-order valence-electron chi connectivity index (χ3n) is 2.75. The Morgan fingerprint density at radius 2 is 2.06 bits per heavy atom. The van der Waals surface area contributed by atoms with Gasteiger partial charge in [0.05, 0.1) is 5.92 Å². The summed E-state index contributed by atoms with van der Waals surface area (Å²) in [5.41, 5.74) is 0. The summed E-state index contributed by atoms with van der Waals surface area (Å²) in [6.07, 6.45) is 2.00. The molecule has 0 heterocycles. The summed E-state index contributed by atoms with van der Waals surface area (Å²) in [5.74, 6) is -0.187. The Morgan fingerprint density at radius 3 is 2.56 bits per heavy atom. The van der Waals surface area contributed by atoms with Crippen LogP contribution in [0.2, 0.25) is 5.02 Å². The van der Waals surface area contributed by atoms with Gasteiger partial charge < -0.3 is 9.84 Å². The SMILES string of the molecule is O=C(O)C(COc1ccc(Cl)cc1)C1CC1. The third-order valence-corrected chi connectivity index (χ3v) is 3.00. The molecule has 0 aliphatic heterocycles. The minimum absolute atomic E-state index is 0.238. The van der Waals surface area contributed by atoms with Crippen LogP contribution in [0.5, 0.6) is 5.75 Å². The summed E-state index contributed by atoms with van der Waals surface area (Å²) in [6, 6.07) is 6.94. The van der Waals surface area contributed by atoms with Crippen LogP contribution < -0.4 is 4.74 Å². The average Bonchev–Trinajstić information content (AvgIpc) is 3.05. The molecule has 1 unspecified atom stereocenters. The van der Waals surface area contributed by atoms with Crippen LogP contribution in [0.15, 0.2) is 24.3 Å². The largest absolute Gasteiger partial charge is 0.493 e. The molecule has 1 aromatic carbocycles. The molecule has 1 fully saturated rings. The number of benzene rings is 1. The molecule has 4 heteroatoms. The average molecular weight is 241 g/mol. The van der Waals surface area contributed by atoms with Crippen molar-refractivity contribution in [3.8, 4) is 5.75 Å². The third kappa shape index (κ3) is 2.89. The summed E-state index contributed by atoms with van der Waals surface area (Å²) in [5, 5.41) is 9.65. The predicted octanol–water partition coefficient (Wildman–Crippen LogP) is 2.83. The number of aliphatic carboxylic acids is 1. The number of hydrogen-bond donors (Lipinski definition) is 1. The molecule has 16 heavy (non-hydrogen) atoms. The van der Waals surface area contributed by atoms with Gasteiger partial charge >= 0.3 is 5.97 Å². The van der Waals surface area contributed by atoms with Gasteiger partial charge in [-0.3, -0.25) is 4.79 Å².